The first-order valence-electron chi connectivity index (χ1n) is 4.31. The van der Waals surface area contributed by atoms with Crippen LogP contribution in [0.1, 0.15) is 19.3 Å². The van der Waals surface area contributed by atoms with E-state index in [1.54, 1.807) is 0 Å². The second-order valence-electron chi connectivity index (χ2n) is 3.29. The molecule has 0 atom stereocenters. The van der Waals surface area contributed by atoms with Crippen molar-refractivity contribution in [3.05, 3.63) is 0 Å². The number of hydrazone groups is 1. The van der Waals surface area contributed by atoms with Gasteiger partial charge in [-0.3, -0.25) is 0 Å². The summed E-state index contributed by atoms with van der Waals surface area (Å²) >= 11 is 0. The third kappa shape index (κ3) is 2.19. The van der Waals surface area contributed by atoms with E-state index in [1.165, 1.54) is 18.6 Å². The molecule has 0 aromatic carbocycles. The number of hydrogen-bond donors (Lipinski definition) is 1. The second-order valence-corrected chi connectivity index (χ2v) is 3.29. The number of nitrogens with zero attached hydrogens (tertiary/aromatic N) is 1. The fourth-order valence-electron chi connectivity index (χ4n) is 1.15. The van der Waals surface area contributed by atoms with Crippen molar-refractivity contribution in [2.45, 2.75) is 19.3 Å². The van der Waals surface area contributed by atoms with Crippen LogP contribution in [-0.2, 0) is 4.74 Å². The predicted octanol–water partition coefficient (Wildman–Crippen LogP) is 0.762. The van der Waals surface area contributed by atoms with Crippen LogP contribution in [0.25, 0.3) is 0 Å². The van der Waals surface area contributed by atoms with Crippen LogP contribution >= 0.6 is 0 Å². The first-order chi connectivity index (χ1) is 5.45. The molecule has 2 aliphatic rings. The van der Waals surface area contributed by atoms with E-state index in [9.17, 15) is 0 Å². The minimum Gasteiger partial charge on any atom is -0.375 e. The van der Waals surface area contributed by atoms with E-state index in [2.05, 4.69) is 10.5 Å². The van der Waals surface area contributed by atoms with Gasteiger partial charge in [-0.25, -0.2) is 0 Å². The van der Waals surface area contributed by atoms with Gasteiger partial charge in [-0.2, -0.15) is 5.10 Å². The number of nitrogens with one attached hydrogen (secondary N) is 1. The molecule has 1 aliphatic heterocycles. The van der Waals surface area contributed by atoms with E-state index in [1.807, 2.05) is 0 Å². The molecule has 2 fully saturated rings. The average molecular weight is 154 g/mol. The minimum atomic E-state index is 0.734. The zero-order valence-corrected chi connectivity index (χ0v) is 6.68. The summed E-state index contributed by atoms with van der Waals surface area (Å²) in [4.78, 5) is 0. The van der Waals surface area contributed by atoms with Crippen molar-refractivity contribution in [1.82, 2.24) is 5.43 Å². The Labute approximate surface area is 66.8 Å². The summed E-state index contributed by atoms with van der Waals surface area (Å²) in [6.07, 6.45) is 3.78. The van der Waals surface area contributed by atoms with E-state index in [0.717, 1.165) is 32.1 Å². The molecule has 0 radical (unpaired) electrons. The zero-order chi connectivity index (χ0) is 7.52. The molecule has 0 amide bonds. The summed E-state index contributed by atoms with van der Waals surface area (Å²) in [5, 5.41) is 4.24. The molecule has 0 bridgehead atoms. The Morgan fingerprint density at radius 2 is 2.45 bits per heavy atom. The maximum atomic E-state index is 5.16. The lowest BCUT2D eigenvalue weighted by atomic mass is 10.3. The van der Waals surface area contributed by atoms with Crippen molar-refractivity contribution in [2.24, 2.45) is 11.0 Å². The number of rotatable bonds is 3. The molecule has 1 heterocycles. The highest BCUT2D eigenvalue weighted by Gasteiger charge is 2.20. The van der Waals surface area contributed by atoms with Gasteiger partial charge >= 0.3 is 0 Å². The normalized spacial score (nSPS) is 27.8. The number of hydrogen-bond acceptors (Lipinski definition) is 3. The van der Waals surface area contributed by atoms with Gasteiger partial charge in [-0.1, -0.05) is 0 Å². The predicted molar refractivity (Wildman–Crippen MR) is 43.6 cm³/mol. The molecule has 1 aliphatic carbocycles. The van der Waals surface area contributed by atoms with Crippen molar-refractivity contribution in [3.63, 3.8) is 0 Å². The van der Waals surface area contributed by atoms with Gasteiger partial charge in [0, 0.05) is 13.0 Å². The molecule has 3 nitrogen and oxygen atoms in total. The van der Waals surface area contributed by atoms with Gasteiger partial charge in [-0.05, 0) is 18.8 Å². The summed E-state index contributed by atoms with van der Waals surface area (Å²) in [7, 11) is 0. The quantitative estimate of drug-likeness (QED) is 0.609. The van der Waals surface area contributed by atoms with Crippen molar-refractivity contribution in [2.75, 3.05) is 19.8 Å². The molecule has 0 spiro atoms. The van der Waals surface area contributed by atoms with Crippen LogP contribution < -0.4 is 5.43 Å². The van der Waals surface area contributed by atoms with Crippen LogP contribution in [-0.4, -0.2) is 25.5 Å². The Balaban J connectivity index is 1.65. The number of ether oxygens (including phenoxy) is 1. The van der Waals surface area contributed by atoms with Crippen LogP contribution in [0, 0.1) is 5.92 Å². The van der Waals surface area contributed by atoms with Crippen molar-refractivity contribution >= 4 is 5.71 Å². The lowest BCUT2D eigenvalue weighted by Gasteiger charge is -1.97. The van der Waals surface area contributed by atoms with E-state index in [4.69, 9.17) is 4.74 Å². The minimum absolute atomic E-state index is 0.734. The van der Waals surface area contributed by atoms with Crippen LogP contribution in [0.15, 0.2) is 5.10 Å². The van der Waals surface area contributed by atoms with E-state index in [0.29, 0.717) is 0 Å². The van der Waals surface area contributed by atoms with Gasteiger partial charge in [0.05, 0.1) is 18.9 Å². The van der Waals surface area contributed by atoms with Crippen LogP contribution in [0.5, 0.6) is 0 Å². The van der Waals surface area contributed by atoms with Crippen LogP contribution in [0.2, 0.25) is 0 Å². The third-order valence-electron chi connectivity index (χ3n) is 2.12. The van der Waals surface area contributed by atoms with E-state index >= 15 is 0 Å². The molecular weight excluding hydrogens is 140 g/mol. The van der Waals surface area contributed by atoms with Crippen molar-refractivity contribution < 1.29 is 4.74 Å². The van der Waals surface area contributed by atoms with Gasteiger partial charge in [0.1, 0.15) is 0 Å². The van der Waals surface area contributed by atoms with E-state index < -0.39 is 0 Å². The van der Waals surface area contributed by atoms with Gasteiger partial charge in [-0.15, -0.1) is 0 Å². The molecule has 0 unspecified atom stereocenters. The molecule has 3 heteroatoms. The molecule has 11 heavy (non-hydrogen) atoms. The molecule has 0 aromatic rings. The fraction of sp³-hybridized carbons (Fsp3) is 0.875. The van der Waals surface area contributed by atoms with Gasteiger partial charge in [0.2, 0.25) is 0 Å². The third-order valence-corrected chi connectivity index (χ3v) is 2.12. The Hall–Kier alpha value is -0.570. The summed E-state index contributed by atoms with van der Waals surface area (Å²) in [5.41, 5.74) is 4.27. The average Bonchev–Trinajstić information content (AvgIpc) is 2.66. The first-order valence-corrected chi connectivity index (χ1v) is 4.31. The van der Waals surface area contributed by atoms with Crippen molar-refractivity contribution in [1.29, 1.82) is 0 Å². The molecular formula is C8H14N2O. The standard InChI is InChI=1S/C8H14N2O/c1-2-7(1)5-9-10-8-3-4-11-6-8/h7,9H,1-6H2/b10-8+. The first kappa shape index (κ1) is 7.10. The lowest BCUT2D eigenvalue weighted by molar-refractivity contribution is 0.209. The topological polar surface area (TPSA) is 33.6 Å². The van der Waals surface area contributed by atoms with Crippen LogP contribution in [0.4, 0.5) is 0 Å². The smallest absolute Gasteiger partial charge is 0.0867 e. The summed E-state index contributed by atoms with van der Waals surface area (Å²) < 4.78 is 5.16. The highest BCUT2D eigenvalue weighted by atomic mass is 16.5. The highest BCUT2D eigenvalue weighted by molar-refractivity contribution is 5.86. The Kier molecular flexibility index (Phi) is 2.08. The monoisotopic (exact) mass is 154 g/mol. The van der Waals surface area contributed by atoms with Gasteiger partial charge < -0.3 is 10.2 Å². The Bertz CT molecular complexity index is 155. The van der Waals surface area contributed by atoms with Gasteiger partial charge in [0.15, 0.2) is 0 Å². The highest BCUT2D eigenvalue weighted by Crippen LogP contribution is 2.27. The zero-order valence-electron chi connectivity index (χ0n) is 6.68. The molecule has 1 N–H and O–H groups in total. The van der Waals surface area contributed by atoms with Crippen LogP contribution in [0.3, 0.4) is 0 Å². The fourth-order valence-corrected chi connectivity index (χ4v) is 1.15. The van der Waals surface area contributed by atoms with E-state index in [-0.39, 0.29) is 0 Å². The summed E-state index contributed by atoms with van der Waals surface area (Å²) in [6, 6.07) is 0. The van der Waals surface area contributed by atoms with Crippen molar-refractivity contribution in [3.8, 4) is 0 Å². The molecule has 0 aromatic heterocycles. The maximum Gasteiger partial charge on any atom is 0.0867 e. The Morgan fingerprint density at radius 3 is 3.09 bits per heavy atom. The molecule has 62 valence electrons. The molecule has 1 saturated carbocycles. The summed E-state index contributed by atoms with van der Waals surface area (Å²) in [6.45, 7) is 2.64. The molecule has 2 rings (SSSR count). The second kappa shape index (κ2) is 3.22. The largest absolute Gasteiger partial charge is 0.375 e. The lowest BCUT2D eigenvalue weighted by Crippen LogP contribution is -2.13. The summed E-state index contributed by atoms with van der Waals surface area (Å²) in [5.74, 6) is 0.904. The SMILES string of the molecule is C1C/C(=N\NCC2CC2)CO1. The molecule has 1 saturated heterocycles. The van der Waals surface area contributed by atoms with Gasteiger partial charge in [0.25, 0.3) is 0 Å². The Morgan fingerprint density at radius 1 is 1.55 bits per heavy atom. The maximum absolute atomic E-state index is 5.16.